The van der Waals surface area contributed by atoms with Gasteiger partial charge < -0.3 is 4.74 Å². The lowest BCUT2D eigenvalue weighted by Gasteiger charge is -2.06. The van der Waals surface area contributed by atoms with Crippen molar-refractivity contribution >= 4 is 22.8 Å². The van der Waals surface area contributed by atoms with E-state index in [0.717, 1.165) is 12.1 Å². The number of ether oxygens (including phenoxy) is 1. The van der Waals surface area contributed by atoms with Gasteiger partial charge in [0.05, 0.1) is 18.2 Å². The molecule has 0 aliphatic carbocycles. The van der Waals surface area contributed by atoms with E-state index in [2.05, 4.69) is 25.8 Å². The van der Waals surface area contributed by atoms with Crippen LogP contribution in [0.4, 0.5) is 23.8 Å². The van der Waals surface area contributed by atoms with Gasteiger partial charge in [-0.05, 0) is 18.2 Å². The molecule has 1 heterocycles. The quantitative estimate of drug-likeness (QED) is 0.734. The molecule has 2 aromatic rings. The number of hydrogen-bond donors (Lipinski definition) is 3. The highest BCUT2D eigenvalue weighted by atomic mass is 19.4. The molecule has 1 aromatic carbocycles. The van der Waals surface area contributed by atoms with E-state index in [0.29, 0.717) is 5.39 Å². The van der Waals surface area contributed by atoms with Crippen LogP contribution in [0.25, 0.3) is 10.9 Å². The van der Waals surface area contributed by atoms with Gasteiger partial charge >= 0.3 is 12.3 Å². The van der Waals surface area contributed by atoms with Crippen LogP contribution in [-0.4, -0.2) is 23.4 Å². The monoisotopic (exact) mass is 274 g/mol. The molecule has 0 unspecified atom stereocenters. The van der Waals surface area contributed by atoms with Crippen LogP contribution in [0.15, 0.2) is 18.2 Å². The van der Waals surface area contributed by atoms with E-state index in [4.69, 9.17) is 0 Å². The molecule has 19 heavy (non-hydrogen) atoms. The van der Waals surface area contributed by atoms with E-state index >= 15 is 0 Å². The first-order valence-electron chi connectivity index (χ1n) is 5.07. The van der Waals surface area contributed by atoms with E-state index in [1.807, 2.05) is 0 Å². The van der Waals surface area contributed by atoms with Crippen LogP contribution < -0.4 is 10.9 Å². The van der Waals surface area contributed by atoms with Gasteiger partial charge in [-0.3, -0.25) is 10.5 Å². The Morgan fingerprint density at radius 3 is 2.79 bits per heavy atom. The molecular weight excluding hydrogens is 265 g/mol. The average molecular weight is 274 g/mol. The summed E-state index contributed by atoms with van der Waals surface area (Å²) in [5, 5.41) is 6.60. The molecule has 0 saturated carbocycles. The summed E-state index contributed by atoms with van der Waals surface area (Å²) >= 11 is 0. The number of nitrogens with zero attached hydrogens (tertiary/aromatic N) is 1. The van der Waals surface area contributed by atoms with Crippen molar-refractivity contribution in [3.63, 3.8) is 0 Å². The van der Waals surface area contributed by atoms with E-state index in [1.54, 1.807) is 0 Å². The maximum absolute atomic E-state index is 12.5. The molecule has 0 bridgehead atoms. The summed E-state index contributed by atoms with van der Waals surface area (Å²) in [5.74, 6) is 0.189. The van der Waals surface area contributed by atoms with Gasteiger partial charge in [-0.1, -0.05) is 0 Å². The first-order valence-corrected chi connectivity index (χ1v) is 5.07. The van der Waals surface area contributed by atoms with Crippen molar-refractivity contribution in [3.8, 4) is 0 Å². The zero-order chi connectivity index (χ0) is 14.0. The van der Waals surface area contributed by atoms with Crippen LogP contribution in [0.2, 0.25) is 0 Å². The highest BCUT2D eigenvalue weighted by Crippen LogP contribution is 2.32. The Morgan fingerprint density at radius 1 is 1.42 bits per heavy atom. The minimum Gasteiger partial charge on any atom is -0.452 e. The number of rotatable bonds is 2. The fourth-order valence-corrected chi connectivity index (χ4v) is 1.45. The summed E-state index contributed by atoms with van der Waals surface area (Å²) in [6.07, 6.45) is -5.17. The molecule has 1 amide bonds. The molecule has 0 radical (unpaired) electrons. The van der Waals surface area contributed by atoms with Gasteiger partial charge in [0, 0.05) is 5.39 Å². The van der Waals surface area contributed by atoms with Crippen molar-refractivity contribution in [2.45, 2.75) is 6.18 Å². The molecule has 0 atom stereocenters. The normalized spacial score (nSPS) is 11.4. The minimum atomic E-state index is -4.42. The number of benzene rings is 1. The van der Waals surface area contributed by atoms with Crippen LogP contribution in [-0.2, 0) is 10.9 Å². The number of hydrazine groups is 1. The van der Waals surface area contributed by atoms with Crippen molar-refractivity contribution in [1.82, 2.24) is 15.6 Å². The zero-order valence-electron chi connectivity index (χ0n) is 9.63. The van der Waals surface area contributed by atoms with Gasteiger partial charge in [0.15, 0.2) is 5.82 Å². The second kappa shape index (κ2) is 4.67. The van der Waals surface area contributed by atoms with E-state index in [-0.39, 0.29) is 11.3 Å². The second-order valence-electron chi connectivity index (χ2n) is 3.57. The number of methoxy groups -OCH3 is 1. The lowest BCUT2D eigenvalue weighted by molar-refractivity contribution is -0.137. The first-order chi connectivity index (χ1) is 8.91. The van der Waals surface area contributed by atoms with Crippen molar-refractivity contribution < 1.29 is 22.7 Å². The van der Waals surface area contributed by atoms with E-state index in [1.165, 1.54) is 13.2 Å². The first kappa shape index (κ1) is 13.0. The number of nitrogens with one attached hydrogen (secondary N) is 3. The summed E-state index contributed by atoms with van der Waals surface area (Å²) < 4.78 is 41.8. The molecule has 1 aromatic heterocycles. The predicted octanol–water partition coefficient (Wildman–Crippen LogP) is 2.26. The number of hydrogen-bond acceptors (Lipinski definition) is 4. The number of H-pyrrole nitrogens is 1. The molecule has 3 N–H and O–H groups in total. The summed E-state index contributed by atoms with van der Waals surface area (Å²) in [6, 6.07) is 3.12. The van der Waals surface area contributed by atoms with Crippen molar-refractivity contribution in [3.05, 3.63) is 23.8 Å². The number of amides is 1. The van der Waals surface area contributed by atoms with Gasteiger partial charge in [-0.2, -0.15) is 18.3 Å². The second-order valence-corrected chi connectivity index (χ2v) is 3.57. The third kappa shape index (κ3) is 2.69. The molecule has 0 spiro atoms. The standard InChI is InChI=1S/C10H9F3N4O2/c1-19-9(18)17-16-8-6-3-2-5(10(11,12)13)4-7(6)14-15-8/h2-4H,1H3,(H,17,18)(H2,14,15,16). The van der Waals surface area contributed by atoms with Gasteiger partial charge in [0.1, 0.15) is 0 Å². The number of carbonyl (C=O) groups is 1. The number of anilines is 1. The molecule has 0 fully saturated rings. The van der Waals surface area contributed by atoms with E-state index < -0.39 is 17.8 Å². The molecular formula is C10H9F3N4O2. The molecule has 9 heteroatoms. The highest BCUT2D eigenvalue weighted by Gasteiger charge is 2.30. The largest absolute Gasteiger partial charge is 0.452 e. The average Bonchev–Trinajstić information content (AvgIpc) is 2.77. The molecule has 0 aliphatic rings. The molecule has 0 saturated heterocycles. The van der Waals surface area contributed by atoms with Gasteiger partial charge in [0.25, 0.3) is 0 Å². The fourth-order valence-electron chi connectivity index (χ4n) is 1.45. The molecule has 6 nitrogen and oxygen atoms in total. The Bertz CT molecular complexity index is 608. The van der Waals surface area contributed by atoms with Gasteiger partial charge in [0.2, 0.25) is 0 Å². The lowest BCUT2D eigenvalue weighted by atomic mass is 10.1. The third-order valence-corrected chi connectivity index (χ3v) is 2.36. The zero-order valence-corrected chi connectivity index (χ0v) is 9.63. The number of aromatic amines is 1. The Morgan fingerprint density at radius 2 is 2.16 bits per heavy atom. The summed E-state index contributed by atoms with van der Waals surface area (Å²) in [6.45, 7) is 0. The maximum atomic E-state index is 12.5. The van der Waals surface area contributed by atoms with Crippen LogP contribution in [0, 0.1) is 0 Å². The Hall–Kier alpha value is -2.45. The summed E-state index contributed by atoms with van der Waals surface area (Å²) in [5.41, 5.74) is 4.00. The highest BCUT2D eigenvalue weighted by molar-refractivity contribution is 5.90. The number of fused-ring (bicyclic) bond motifs is 1. The van der Waals surface area contributed by atoms with Crippen molar-refractivity contribution in [2.24, 2.45) is 0 Å². The number of carbonyl (C=O) groups excluding carboxylic acids is 1. The summed E-state index contributed by atoms with van der Waals surface area (Å²) in [4.78, 5) is 10.8. The van der Waals surface area contributed by atoms with Crippen molar-refractivity contribution in [1.29, 1.82) is 0 Å². The third-order valence-electron chi connectivity index (χ3n) is 2.36. The Balaban J connectivity index is 2.27. The number of aromatic nitrogens is 2. The van der Waals surface area contributed by atoms with Crippen LogP contribution in [0.3, 0.4) is 0 Å². The van der Waals surface area contributed by atoms with Crippen molar-refractivity contribution in [2.75, 3.05) is 12.5 Å². The maximum Gasteiger partial charge on any atom is 0.425 e. The van der Waals surface area contributed by atoms with Crippen LogP contribution >= 0.6 is 0 Å². The minimum absolute atomic E-state index is 0.189. The van der Waals surface area contributed by atoms with Crippen LogP contribution in [0.1, 0.15) is 5.56 Å². The number of alkyl halides is 3. The topological polar surface area (TPSA) is 79.0 Å². The van der Waals surface area contributed by atoms with Gasteiger partial charge in [-0.25, -0.2) is 10.2 Å². The Kier molecular flexibility index (Phi) is 3.19. The molecule has 2 rings (SSSR count). The molecule has 0 aliphatic heterocycles. The molecule has 102 valence electrons. The predicted molar refractivity (Wildman–Crippen MR) is 60.3 cm³/mol. The lowest BCUT2D eigenvalue weighted by Crippen LogP contribution is -2.29. The van der Waals surface area contributed by atoms with Gasteiger partial charge in [-0.15, -0.1) is 0 Å². The summed E-state index contributed by atoms with van der Waals surface area (Å²) in [7, 11) is 1.18. The van der Waals surface area contributed by atoms with Crippen LogP contribution in [0.5, 0.6) is 0 Å². The van der Waals surface area contributed by atoms with E-state index in [9.17, 15) is 18.0 Å². The fraction of sp³-hybridized carbons (Fsp3) is 0.200. The Labute approximate surface area is 104 Å². The smallest absolute Gasteiger partial charge is 0.425 e. The number of halogens is 3. The SMILES string of the molecule is COC(=O)NNc1n[nH]c2cc(C(F)(F)F)ccc12.